The Morgan fingerprint density at radius 3 is 2.33 bits per heavy atom. The van der Waals surface area contributed by atoms with E-state index in [1.807, 2.05) is 11.0 Å². The van der Waals surface area contributed by atoms with Gasteiger partial charge in [-0.2, -0.15) is 4.28 Å². The van der Waals surface area contributed by atoms with Crippen molar-refractivity contribution >= 4 is 34.5 Å². The molecule has 2 amide bonds. The van der Waals surface area contributed by atoms with Gasteiger partial charge in [0.2, 0.25) is 11.1 Å². The molecule has 0 aliphatic rings. The SMILES string of the molecule is CCN(CC)C(=O)C(=O)NNOS(=O)c1ccc(Cl)cc1. The molecule has 0 saturated heterocycles. The highest BCUT2D eigenvalue weighted by Gasteiger charge is 2.19. The van der Waals surface area contributed by atoms with E-state index in [0.717, 1.165) is 0 Å². The van der Waals surface area contributed by atoms with Gasteiger partial charge in [-0.15, -0.1) is 0 Å². The normalized spacial score (nSPS) is 11.8. The van der Waals surface area contributed by atoms with Gasteiger partial charge in [0, 0.05) is 18.1 Å². The lowest BCUT2D eigenvalue weighted by Gasteiger charge is -2.17. The Labute approximate surface area is 130 Å². The van der Waals surface area contributed by atoms with Crippen LogP contribution < -0.4 is 11.0 Å². The van der Waals surface area contributed by atoms with Gasteiger partial charge in [-0.05, 0) is 38.1 Å². The number of nitrogens with one attached hydrogen (secondary N) is 2. The standard InChI is InChI=1S/C12H16ClN3O4S/c1-3-16(4-2)12(18)11(17)14-15-20-21(19)10-7-5-9(13)6-8-10/h5-8,15H,3-4H2,1-2H3,(H,14,17). The molecule has 0 fully saturated rings. The van der Waals surface area contributed by atoms with Gasteiger partial charge in [-0.3, -0.25) is 15.0 Å². The van der Waals surface area contributed by atoms with Gasteiger partial charge in [0.15, 0.2) is 0 Å². The minimum atomic E-state index is -1.84. The zero-order chi connectivity index (χ0) is 15.8. The number of carbonyl (C=O) groups excluding carboxylic acids is 2. The summed E-state index contributed by atoms with van der Waals surface area (Å²) in [5, 5.41) is 0.502. The van der Waals surface area contributed by atoms with Crippen molar-refractivity contribution in [3.8, 4) is 0 Å². The van der Waals surface area contributed by atoms with Crippen LogP contribution in [0.4, 0.5) is 0 Å². The first-order chi connectivity index (χ1) is 9.99. The number of rotatable bonds is 6. The number of carbonyl (C=O) groups is 2. The van der Waals surface area contributed by atoms with Crippen molar-refractivity contribution in [2.45, 2.75) is 18.7 Å². The molecule has 0 bridgehead atoms. The van der Waals surface area contributed by atoms with Gasteiger partial charge in [-0.25, -0.2) is 4.21 Å². The Morgan fingerprint density at radius 2 is 1.81 bits per heavy atom. The lowest BCUT2D eigenvalue weighted by molar-refractivity contribution is -0.147. The smallest absolute Gasteiger partial charge is 0.325 e. The number of likely N-dealkylation sites (N-methyl/N-ethyl adjacent to an activating group) is 1. The van der Waals surface area contributed by atoms with Crippen LogP contribution in [0, 0.1) is 0 Å². The topological polar surface area (TPSA) is 87.7 Å². The molecule has 116 valence electrons. The molecule has 1 aromatic carbocycles. The van der Waals surface area contributed by atoms with Crippen molar-refractivity contribution in [2.75, 3.05) is 13.1 Å². The van der Waals surface area contributed by atoms with Crippen LogP contribution in [0.2, 0.25) is 5.02 Å². The van der Waals surface area contributed by atoms with Crippen LogP contribution >= 0.6 is 11.6 Å². The van der Waals surface area contributed by atoms with E-state index in [9.17, 15) is 13.8 Å². The summed E-state index contributed by atoms with van der Waals surface area (Å²) in [6.07, 6.45) is 0. The van der Waals surface area contributed by atoms with Gasteiger partial charge in [-0.1, -0.05) is 17.2 Å². The van der Waals surface area contributed by atoms with Crippen molar-refractivity contribution in [2.24, 2.45) is 0 Å². The Bertz CT molecular complexity index is 520. The number of hydrogen-bond acceptors (Lipinski definition) is 5. The molecular weight excluding hydrogens is 318 g/mol. The maximum atomic E-state index is 11.7. The van der Waals surface area contributed by atoms with Crippen LogP contribution in [0.5, 0.6) is 0 Å². The van der Waals surface area contributed by atoms with E-state index in [2.05, 4.69) is 0 Å². The Balaban J connectivity index is 2.42. The Hall–Kier alpha value is -1.48. The van der Waals surface area contributed by atoms with Gasteiger partial charge in [0.1, 0.15) is 0 Å². The molecule has 1 atom stereocenters. The lowest BCUT2D eigenvalue weighted by Crippen LogP contribution is -2.48. The van der Waals surface area contributed by atoms with Crippen molar-refractivity contribution in [1.82, 2.24) is 15.9 Å². The highest BCUT2D eigenvalue weighted by Crippen LogP contribution is 2.12. The fourth-order valence-electron chi connectivity index (χ4n) is 1.41. The summed E-state index contributed by atoms with van der Waals surface area (Å²) in [6, 6.07) is 6.15. The molecule has 0 aliphatic heterocycles. The first-order valence-corrected chi connectivity index (χ1v) is 7.63. The van der Waals surface area contributed by atoms with Crippen molar-refractivity contribution in [1.29, 1.82) is 0 Å². The predicted octanol–water partition coefficient (Wildman–Crippen LogP) is 0.783. The first kappa shape index (κ1) is 17.6. The largest absolute Gasteiger partial charge is 0.335 e. The van der Waals surface area contributed by atoms with Crippen LogP contribution in [0.1, 0.15) is 13.8 Å². The van der Waals surface area contributed by atoms with Crippen molar-refractivity contribution in [3.05, 3.63) is 29.3 Å². The third kappa shape index (κ3) is 5.43. The average Bonchev–Trinajstić information content (AvgIpc) is 2.48. The molecule has 1 unspecified atom stereocenters. The number of hydrazine groups is 1. The number of benzene rings is 1. The zero-order valence-corrected chi connectivity index (χ0v) is 13.2. The molecule has 2 N–H and O–H groups in total. The second kappa shape index (κ2) is 8.73. The lowest BCUT2D eigenvalue weighted by atomic mass is 10.4. The molecular formula is C12H16ClN3O4S. The molecule has 21 heavy (non-hydrogen) atoms. The van der Waals surface area contributed by atoms with E-state index in [0.29, 0.717) is 23.0 Å². The number of hydrogen-bond donors (Lipinski definition) is 2. The summed E-state index contributed by atoms with van der Waals surface area (Å²) < 4.78 is 16.4. The van der Waals surface area contributed by atoms with Crippen LogP contribution in [0.25, 0.3) is 0 Å². The summed E-state index contributed by atoms with van der Waals surface area (Å²) in [6.45, 7) is 4.35. The zero-order valence-electron chi connectivity index (χ0n) is 11.6. The van der Waals surface area contributed by atoms with Crippen molar-refractivity contribution in [3.63, 3.8) is 0 Å². The maximum absolute atomic E-state index is 11.7. The minimum absolute atomic E-state index is 0.358. The predicted molar refractivity (Wildman–Crippen MR) is 78.2 cm³/mol. The van der Waals surface area contributed by atoms with E-state index < -0.39 is 22.9 Å². The molecule has 1 rings (SSSR count). The third-order valence-corrected chi connectivity index (χ3v) is 3.68. The molecule has 9 heteroatoms. The quantitative estimate of drug-likeness (QED) is 0.593. The number of amides is 2. The summed E-state index contributed by atoms with van der Waals surface area (Å²) in [4.78, 5) is 24.8. The molecule has 0 aromatic heterocycles. The fourth-order valence-corrected chi connectivity index (χ4v) is 2.10. The van der Waals surface area contributed by atoms with E-state index in [-0.39, 0.29) is 0 Å². The fraction of sp³-hybridized carbons (Fsp3) is 0.333. The van der Waals surface area contributed by atoms with Crippen LogP contribution in [-0.2, 0) is 25.0 Å². The molecule has 0 spiro atoms. The molecule has 0 radical (unpaired) electrons. The van der Waals surface area contributed by atoms with Gasteiger partial charge >= 0.3 is 11.8 Å². The second-order valence-electron chi connectivity index (χ2n) is 3.81. The molecule has 0 heterocycles. The Morgan fingerprint density at radius 1 is 1.24 bits per heavy atom. The molecule has 1 aromatic rings. The second-order valence-corrected chi connectivity index (χ2v) is 5.35. The van der Waals surface area contributed by atoms with Gasteiger partial charge in [0.05, 0.1) is 4.90 Å². The van der Waals surface area contributed by atoms with Gasteiger partial charge in [0.25, 0.3) is 0 Å². The molecule has 0 saturated carbocycles. The van der Waals surface area contributed by atoms with E-state index in [4.69, 9.17) is 15.9 Å². The number of halogens is 1. The van der Waals surface area contributed by atoms with Crippen LogP contribution in [0.15, 0.2) is 29.2 Å². The maximum Gasteiger partial charge on any atom is 0.325 e. The summed E-state index contributed by atoms with van der Waals surface area (Å²) in [5.74, 6) is -1.60. The molecule has 0 aliphatic carbocycles. The molecule has 7 nitrogen and oxygen atoms in total. The van der Waals surface area contributed by atoms with Gasteiger partial charge < -0.3 is 4.90 Å². The number of nitrogens with zero attached hydrogens (tertiary/aromatic N) is 1. The van der Waals surface area contributed by atoms with Crippen LogP contribution in [0.3, 0.4) is 0 Å². The van der Waals surface area contributed by atoms with Crippen molar-refractivity contribution < 1.29 is 18.1 Å². The third-order valence-electron chi connectivity index (χ3n) is 2.53. The van der Waals surface area contributed by atoms with E-state index in [1.165, 1.54) is 17.0 Å². The Kier molecular flexibility index (Phi) is 7.30. The monoisotopic (exact) mass is 333 g/mol. The van der Waals surface area contributed by atoms with Crippen LogP contribution in [-0.4, -0.2) is 34.0 Å². The summed E-state index contributed by atoms with van der Waals surface area (Å²) in [5.41, 5.74) is 4.02. The average molecular weight is 334 g/mol. The van der Waals surface area contributed by atoms with E-state index in [1.54, 1.807) is 26.0 Å². The first-order valence-electron chi connectivity index (χ1n) is 6.18. The summed E-state index contributed by atoms with van der Waals surface area (Å²) >= 11 is 3.85. The summed E-state index contributed by atoms with van der Waals surface area (Å²) in [7, 11) is 0. The minimum Gasteiger partial charge on any atom is -0.335 e. The van der Waals surface area contributed by atoms with E-state index >= 15 is 0 Å². The highest BCUT2D eigenvalue weighted by molar-refractivity contribution is 7.80. The highest BCUT2D eigenvalue weighted by atomic mass is 35.5.